The van der Waals surface area contributed by atoms with E-state index in [1.807, 2.05) is 20.8 Å². The zero-order valence-corrected chi connectivity index (χ0v) is 9.82. The third-order valence-corrected chi connectivity index (χ3v) is 1.88. The van der Waals surface area contributed by atoms with Crippen LogP contribution in [0.4, 0.5) is 0 Å². The summed E-state index contributed by atoms with van der Waals surface area (Å²) in [6, 6.07) is 6.89. The maximum atomic E-state index is 11.5. The van der Waals surface area contributed by atoms with Crippen molar-refractivity contribution >= 4 is 12.3 Å². The Morgan fingerprint density at radius 2 is 1.81 bits per heavy atom. The number of benzene rings is 1. The number of ether oxygens (including phenoxy) is 1. The van der Waals surface area contributed by atoms with E-state index in [4.69, 9.17) is 4.74 Å². The standard InChI is InChI=1S/C13H16O3/c1-13(2,3)16-12(15)8-10-4-6-11(9-14)7-5-10/h4-7,9H,8H2,1-3H3. The van der Waals surface area contributed by atoms with Crippen LogP contribution >= 0.6 is 0 Å². The average molecular weight is 220 g/mol. The molecule has 3 nitrogen and oxygen atoms in total. The first-order valence-corrected chi connectivity index (χ1v) is 5.17. The SMILES string of the molecule is CC(C)(C)OC(=O)Cc1ccc(C=O)cc1. The van der Waals surface area contributed by atoms with E-state index in [9.17, 15) is 9.59 Å². The third kappa shape index (κ3) is 4.26. The van der Waals surface area contributed by atoms with Gasteiger partial charge in [-0.15, -0.1) is 0 Å². The summed E-state index contributed by atoms with van der Waals surface area (Å²) >= 11 is 0. The van der Waals surface area contributed by atoms with Gasteiger partial charge in [-0.1, -0.05) is 24.3 Å². The first-order chi connectivity index (χ1) is 7.40. The van der Waals surface area contributed by atoms with Crippen molar-refractivity contribution in [1.82, 2.24) is 0 Å². The zero-order chi connectivity index (χ0) is 12.2. The molecular formula is C13H16O3. The van der Waals surface area contributed by atoms with Gasteiger partial charge in [0.2, 0.25) is 0 Å². The number of carbonyl (C=O) groups is 2. The quantitative estimate of drug-likeness (QED) is 0.580. The number of carbonyl (C=O) groups excluding carboxylic acids is 2. The molecule has 0 saturated heterocycles. The number of hydrogen-bond donors (Lipinski definition) is 0. The molecule has 0 radical (unpaired) electrons. The molecule has 0 unspecified atom stereocenters. The molecular weight excluding hydrogens is 204 g/mol. The van der Waals surface area contributed by atoms with Crippen molar-refractivity contribution < 1.29 is 14.3 Å². The van der Waals surface area contributed by atoms with Gasteiger partial charge in [-0.25, -0.2) is 0 Å². The Morgan fingerprint density at radius 3 is 2.25 bits per heavy atom. The van der Waals surface area contributed by atoms with Gasteiger partial charge in [0.05, 0.1) is 6.42 Å². The molecule has 0 amide bonds. The molecule has 3 heteroatoms. The molecule has 0 aliphatic carbocycles. The summed E-state index contributed by atoms with van der Waals surface area (Å²) < 4.78 is 5.19. The molecule has 1 rings (SSSR count). The Kier molecular flexibility index (Phi) is 3.82. The van der Waals surface area contributed by atoms with Crippen LogP contribution in [0.2, 0.25) is 0 Å². The molecule has 0 spiro atoms. The monoisotopic (exact) mass is 220 g/mol. The average Bonchev–Trinajstić information content (AvgIpc) is 2.16. The molecule has 0 fully saturated rings. The zero-order valence-electron chi connectivity index (χ0n) is 9.82. The van der Waals surface area contributed by atoms with Gasteiger partial charge in [-0.05, 0) is 26.3 Å². The summed E-state index contributed by atoms with van der Waals surface area (Å²) in [5.74, 6) is -0.258. The lowest BCUT2D eigenvalue weighted by atomic mass is 10.1. The molecule has 86 valence electrons. The van der Waals surface area contributed by atoms with E-state index in [0.29, 0.717) is 5.56 Å². The molecule has 0 N–H and O–H groups in total. The fraction of sp³-hybridized carbons (Fsp3) is 0.385. The van der Waals surface area contributed by atoms with Crippen molar-refractivity contribution in [2.24, 2.45) is 0 Å². The molecule has 0 aromatic heterocycles. The summed E-state index contributed by atoms with van der Waals surface area (Å²) in [4.78, 5) is 21.9. The maximum absolute atomic E-state index is 11.5. The first-order valence-electron chi connectivity index (χ1n) is 5.17. The molecule has 0 aliphatic heterocycles. The second-order valence-corrected chi connectivity index (χ2v) is 4.62. The summed E-state index contributed by atoms with van der Waals surface area (Å²) in [5, 5.41) is 0. The maximum Gasteiger partial charge on any atom is 0.310 e. The summed E-state index contributed by atoms with van der Waals surface area (Å²) in [5.41, 5.74) is 0.993. The minimum atomic E-state index is -0.459. The van der Waals surface area contributed by atoms with Gasteiger partial charge in [0.15, 0.2) is 0 Å². The fourth-order valence-electron chi connectivity index (χ4n) is 1.26. The van der Waals surface area contributed by atoms with E-state index >= 15 is 0 Å². The Bertz CT molecular complexity index is 371. The lowest BCUT2D eigenvalue weighted by molar-refractivity contribution is -0.153. The number of hydrogen-bond acceptors (Lipinski definition) is 3. The molecule has 0 atom stereocenters. The predicted molar refractivity (Wildman–Crippen MR) is 61.4 cm³/mol. The molecule has 0 saturated carbocycles. The van der Waals surface area contributed by atoms with Crippen LogP contribution in [0.5, 0.6) is 0 Å². The van der Waals surface area contributed by atoms with Crippen LogP contribution in [0.15, 0.2) is 24.3 Å². The van der Waals surface area contributed by atoms with E-state index in [0.717, 1.165) is 11.8 Å². The Hall–Kier alpha value is -1.64. The predicted octanol–water partition coefficient (Wildman–Crippen LogP) is 2.38. The minimum Gasteiger partial charge on any atom is -0.460 e. The van der Waals surface area contributed by atoms with Gasteiger partial charge in [-0.3, -0.25) is 9.59 Å². The molecule has 1 aromatic rings. The molecule has 0 heterocycles. The Balaban J connectivity index is 2.59. The van der Waals surface area contributed by atoms with Crippen LogP contribution in [-0.2, 0) is 16.0 Å². The van der Waals surface area contributed by atoms with E-state index in [-0.39, 0.29) is 12.4 Å². The first kappa shape index (κ1) is 12.4. The minimum absolute atomic E-state index is 0.233. The van der Waals surface area contributed by atoms with Crippen LogP contribution in [0, 0.1) is 0 Å². The van der Waals surface area contributed by atoms with Gasteiger partial charge in [0.25, 0.3) is 0 Å². The molecule has 16 heavy (non-hydrogen) atoms. The highest BCUT2D eigenvalue weighted by atomic mass is 16.6. The van der Waals surface area contributed by atoms with E-state index in [1.165, 1.54) is 0 Å². The topological polar surface area (TPSA) is 43.4 Å². The lowest BCUT2D eigenvalue weighted by Gasteiger charge is -2.19. The third-order valence-electron chi connectivity index (χ3n) is 1.88. The largest absolute Gasteiger partial charge is 0.460 e. The van der Waals surface area contributed by atoms with Crippen molar-refractivity contribution in [3.8, 4) is 0 Å². The summed E-state index contributed by atoms with van der Waals surface area (Å²) in [7, 11) is 0. The van der Waals surface area contributed by atoms with Crippen molar-refractivity contribution in [1.29, 1.82) is 0 Å². The highest BCUT2D eigenvalue weighted by molar-refractivity contribution is 5.76. The van der Waals surface area contributed by atoms with Crippen LogP contribution < -0.4 is 0 Å². The summed E-state index contributed by atoms with van der Waals surface area (Å²) in [6.45, 7) is 5.50. The highest BCUT2D eigenvalue weighted by Crippen LogP contribution is 2.10. The van der Waals surface area contributed by atoms with E-state index < -0.39 is 5.60 Å². The van der Waals surface area contributed by atoms with Gasteiger partial charge in [-0.2, -0.15) is 0 Å². The lowest BCUT2D eigenvalue weighted by Crippen LogP contribution is -2.24. The second kappa shape index (κ2) is 4.92. The highest BCUT2D eigenvalue weighted by Gasteiger charge is 2.16. The fourth-order valence-corrected chi connectivity index (χ4v) is 1.26. The van der Waals surface area contributed by atoms with Gasteiger partial charge in [0.1, 0.15) is 11.9 Å². The molecule has 0 bridgehead atoms. The molecule has 0 aliphatic rings. The number of esters is 1. The van der Waals surface area contributed by atoms with Gasteiger partial charge < -0.3 is 4.74 Å². The van der Waals surface area contributed by atoms with Crippen LogP contribution in [0.25, 0.3) is 0 Å². The second-order valence-electron chi connectivity index (χ2n) is 4.62. The number of aldehydes is 1. The van der Waals surface area contributed by atoms with Gasteiger partial charge >= 0.3 is 5.97 Å². The molecule has 1 aromatic carbocycles. The van der Waals surface area contributed by atoms with Crippen molar-refractivity contribution in [3.63, 3.8) is 0 Å². The normalized spacial score (nSPS) is 10.9. The van der Waals surface area contributed by atoms with Crippen LogP contribution in [-0.4, -0.2) is 17.9 Å². The van der Waals surface area contributed by atoms with Crippen molar-refractivity contribution in [2.45, 2.75) is 32.8 Å². The Morgan fingerprint density at radius 1 is 1.25 bits per heavy atom. The van der Waals surface area contributed by atoms with E-state index in [1.54, 1.807) is 24.3 Å². The van der Waals surface area contributed by atoms with Crippen LogP contribution in [0.3, 0.4) is 0 Å². The van der Waals surface area contributed by atoms with E-state index in [2.05, 4.69) is 0 Å². The van der Waals surface area contributed by atoms with Gasteiger partial charge in [0, 0.05) is 5.56 Å². The smallest absolute Gasteiger partial charge is 0.310 e. The van der Waals surface area contributed by atoms with Crippen LogP contribution in [0.1, 0.15) is 36.7 Å². The number of rotatable bonds is 3. The summed E-state index contributed by atoms with van der Waals surface area (Å²) in [6.07, 6.45) is 1.01. The van der Waals surface area contributed by atoms with Crippen molar-refractivity contribution in [2.75, 3.05) is 0 Å². The Labute approximate surface area is 95.4 Å². The van der Waals surface area contributed by atoms with Crippen molar-refractivity contribution in [3.05, 3.63) is 35.4 Å².